The third-order valence-corrected chi connectivity index (χ3v) is 4.37. The number of hydrogen-bond acceptors (Lipinski definition) is 3. The summed E-state index contributed by atoms with van der Waals surface area (Å²) in [4.78, 5) is 12.2. The van der Waals surface area contributed by atoms with Crippen LogP contribution < -0.4 is 15.4 Å². The van der Waals surface area contributed by atoms with Crippen LogP contribution in [0.2, 0.25) is 0 Å². The molecule has 4 nitrogen and oxygen atoms in total. The van der Waals surface area contributed by atoms with Crippen LogP contribution in [0.4, 0.5) is 0 Å². The molecule has 2 unspecified atom stereocenters. The number of nitrogens with one attached hydrogen (secondary N) is 2. The van der Waals surface area contributed by atoms with Crippen LogP contribution in [-0.2, 0) is 10.2 Å². The average Bonchev–Trinajstić information content (AvgIpc) is 2.53. The molecule has 1 fully saturated rings. The Hall–Kier alpha value is -1.26. The Kier molecular flexibility index (Phi) is 8.04. The number of amides is 1. The van der Waals surface area contributed by atoms with Gasteiger partial charge in [0, 0.05) is 6.54 Å². The number of rotatable bonds is 5. The first kappa shape index (κ1) is 20.8. The van der Waals surface area contributed by atoms with E-state index in [0.717, 1.165) is 25.4 Å². The summed E-state index contributed by atoms with van der Waals surface area (Å²) in [6, 6.07) is 8.01. The van der Waals surface area contributed by atoms with Gasteiger partial charge >= 0.3 is 0 Å². The van der Waals surface area contributed by atoms with Gasteiger partial charge in [-0.15, -0.1) is 12.4 Å². The lowest BCUT2D eigenvalue weighted by Gasteiger charge is -2.24. The van der Waals surface area contributed by atoms with Crippen molar-refractivity contribution in [3.05, 3.63) is 29.8 Å². The molecule has 24 heavy (non-hydrogen) atoms. The van der Waals surface area contributed by atoms with Crippen LogP contribution in [0.3, 0.4) is 0 Å². The van der Waals surface area contributed by atoms with Crippen LogP contribution in [-0.4, -0.2) is 31.6 Å². The molecular weight excluding hydrogens is 324 g/mol. The molecule has 2 N–H and O–H groups in total. The molecule has 1 heterocycles. The number of benzene rings is 1. The molecule has 0 spiro atoms. The summed E-state index contributed by atoms with van der Waals surface area (Å²) >= 11 is 0. The zero-order valence-corrected chi connectivity index (χ0v) is 16.0. The fourth-order valence-corrected chi connectivity index (χ4v) is 2.78. The highest BCUT2D eigenvalue weighted by Gasteiger charge is 2.19. The Labute approximate surface area is 152 Å². The Morgan fingerprint density at radius 1 is 1.33 bits per heavy atom. The summed E-state index contributed by atoms with van der Waals surface area (Å²) < 4.78 is 5.76. The predicted molar refractivity (Wildman–Crippen MR) is 101 cm³/mol. The van der Waals surface area contributed by atoms with Crippen LogP contribution in [0.25, 0.3) is 0 Å². The molecule has 1 aliphatic heterocycles. The van der Waals surface area contributed by atoms with Gasteiger partial charge in [0.15, 0.2) is 6.10 Å². The van der Waals surface area contributed by atoms with Crippen LogP contribution in [0.15, 0.2) is 24.3 Å². The van der Waals surface area contributed by atoms with Crippen LogP contribution in [0.5, 0.6) is 5.75 Å². The van der Waals surface area contributed by atoms with E-state index >= 15 is 0 Å². The maximum Gasteiger partial charge on any atom is 0.260 e. The van der Waals surface area contributed by atoms with Crippen molar-refractivity contribution in [3.8, 4) is 5.75 Å². The Morgan fingerprint density at radius 3 is 2.54 bits per heavy atom. The summed E-state index contributed by atoms with van der Waals surface area (Å²) in [5, 5.41) is 6.37. The van der Waals surface area contributed by atoms with E-state index in [2.05, 4.69) is 43.5 Å². The fraction of sp³-hybridized carbons (Fsp3) is 0.632. The van der Waals surface area contributed by atoms with Gasteiger partial charge in [0.05, 0.1) is 0 Å². The Balaban J connectivity index is 0.00000288. The van der Waals surface area contributed by atoms with Crippen molar-refractivity contribution in [2.24, 2.45) is 5.92 Å². The summed E-state index contributed by atoms with van der Waals surface area (Å²) in [5.74, 6) is 1.22. The van der Waals surface area contributed by atoms with E-state index in [0.29, 0.717) is 5.92 Å². The van der Waals surface area contributed by atoms with Crippen molar-refractivity contribution >= 4 is 18.3 Å². The largest absolute Gasteiger partial charge is 0.481 e. The van der Waals surface area contributed by atoms with Crippen LogP contribution in [0, 0.1) is 5.92 Å². The molecule has 0 bridgehead atoms. The smallest absolute Gasteiger partial charge is 0.260 e. The molecule has 0 saturated carbocycles. The number of hydrogen-bond donors (Lipinski definition) is 2. The molecule has 2 rings (SSSR count). The number of piperidine rings is 1. The van der Waals surface area contributed by atoms with Gasteiger partial charge in [0.1, 0.15) is 5.75 Å². The quantitative estimate of drug-likeness (QED) is 0.853. The first-order valence-electron chi connectivity index (χ1n) is 8.62. The zero-order valence-electron chi connectivity index (χ0n) is 15.2. The molecule has 0 aliphatic carbocycles. The van der Waals surface area contributed by atoms with E-state index in [-0.39, 0.29) is 23.7 Å². The number of halogens is 1. The molecule has 1 aromatic rings. The molecule has 1 amide bonds. The van der Waals surface area contributed by atoms with E-state index in [1.807, 2.05) is 12.1 Å². The number of carbonyl (C=O) groups excluding carboxylic acids is 1. The van der Waals surface area contributed by atoms with Gasteiger partial charge in [-0.2, -0.15) is 0 Å². The predicted octanol–water partition coefficient (Wildman–Crippen LogP) is 3.29. The number of carbonyl (C=O) groups is 1. The van der Waals surface area contributed by atoms with Crippen molar-refractivity contribution < 1.29 is 9.53 Å². The van der Waals surface area contributed by atoms with E-state index < -0.39 is 6.10 Å². The lowest BCUT2D eigenvalue weighted by molar-refractivity contribution is -0.127. The monoisotopic (exact) mass is 354 g/mol. The topological polar surface area (TPSA) is 50.4 Å². The third-order valence-electron chi connectivity index (χ3n) is 4.37. The highest BCUT2D eigenvalue weighted by molar-refractivity contribution is 5.85. The second kappa shape index (κ2) is 9.28. The standard InChI is InChI=1S/C19H30N2O2.ClH/c1-14(18(22)21-13-15-6-5-11-20-12-15)23-17-9-7-16(8-10-17)19(2,3)4;/h7-10,14-15,20H,5-6,11-13H2,1-4H3,(H,21,22);1H. The average molecular weight is 355 g/mol. The summed E-state index contributed by atoms with van der Waals surface area (Å²) in [6.45, 7) is 11.1. The molecule has 1 aliphatic rings. The van der Waals surface area contributed by atoms with Gasteiger partial charge < -0.3 is 15.4 Å². The fourth-order valence-electron chi connectivity index (χ4n) is 2.78. The van der Waals surface area contributed by atoms with Crippen molar-refractivity contribution in [1.82, 2.24) is 10.6 Å². The highest BCUT2D eigenvalue weighted by Crippen LogP contribution is 2.24. The van der Waals surface area contributed by atoms with E-state index in [9.17, 15) is 4.79 Å². The third kappa shape index (κ3) is 6.33. The second-order valence-corrected chi connectivity index (χ2v) is 7.49. The van der Waals surface area contributed by atoms with Crippen LogP contribution >= 0.6 is 12.4 Å². The molecule has 1 saturated heterocycles. The summed E-state index contributed by atoms with van der Waals surface area (Å²) in [6.07, 6.45) is 1.88. The molecule has 0 radical (unpaired) electrons. The minimum absolute atomic E-state index is 0. The van der Waals surface area contributed by atoms with Crippen molar-refractivity contribution in [2.45, 2.75) is 52.1 Å². The normalized spacial score (nSPS) is 19.1. The molecule has 2 atom stereocenters. The lowest BCUT2D eigenvalue weighted by atomic mass is 9.87. The molecule has 1 aromatic carbocycles. The molecular formula is C19H31ClN2O2. The molecule has 136 valence electrons. The van der Waals surface area contributed by atoms with Crippen molar-refractivity contribution in [3.63, 3.8) is 0 Å². The van der Waals surface area contributed by atoms with Gasteiger partial charge in [-0.25, -0.2) is 0 Å². The maximum atomic E-state index is 12.2. The van der Waals surface area contributed by atoms with Gasteiger partial charge in [-0.05, 0) is 61.9 Å². The van der Waals surface area contributed by atoms with Crippen molar-refractivity contribution in [2.75, 3.05) is 19.6 Å². The highest BCUT2D eigenvalue weighted by atomic mass is 35.5. The minimum Gasteiger partial charge on any atom is -0.481 e. The summed E-state index contributed by atoms with van der Waals surface area (Å²) in [7, 11) is 0. The van der Waals surface area contributed by atoms with Gasteiger partial charge in [-0.3, -0.25) is 4.79 Å². The SMILES string of the molecule is CC(Oc1ccc(C(C)(C)C)cc1)C(=O)NCC1CCCNC1.Cl. The first-order valence-corrected chi connectivity index (χ1v) is 8.62. The first-order chi connectivity index (χ1) is 10.9. The lowest BCUT2D eigenvalue weighted by Crippen LogP contribution is -2.42. The minimum atomic E-state index is -0.480. The second-order valence-electron chi connectivity index (χ2n) is 7.49. The van der Waals surface area contributed by atoms with Gasteiger partial charge in [0.2, 0.25) is 0 Å². The Bertz CT molecular complexity index is 505. The van der Waals surface area contributed by atoms with E-state index in [4.69, 9.17) is 4.74 Å². The van der Waals surface area contributed by atoms with E-state index in [1.54, 1.807) is 6.92 Å². The van der Waals surface area contributed by atoms with Gasteiger partial charge in [0.25, 0.3) is 5.91 Å². The Morgan fingerprint density at radius 2 is 2.00 bits per heavy atom. The number of ether oxygens (including phenoxy) is 1. The van der Waals surface area contributed by atoms with E-state index in [1.165, 1.54) is 18.4 Å². The molecule has 5 heteroatoms. The van der Waals surface area contributed by atoms with Gasteiger partial charge in [-0.1, -0.05) is 32.9 Å². The van der Waals surface area contributed by atoms with Crippen molar-refractivity contribution in [1.29, 1.82) is 0 Å². The summed E-state index contributed by atoms with van der Waals surface area (Å²) in [5.41, 5.74) is 1.38. The zero-order chi connectivity index (χ0) is 16.9. The maximum absolute atomic E-state index is 12.2. The molecule has 0 aromatic heterocycles. The van der Waals surface area contributed by atoms with Crippen LogP contribution in [0.1, 0.15) is 46.1 Å².